The summed E-state index contributed by atoms with van der Waals surface area (Å²) in [4.78, 5) is 25.1. The topological polar surface area (TPSA) is 251 Å². The van der Waals surface area contributed by atoms with Gasteiger partial charge in [0.2, 0.25) is 6.29 Å². The summed E-state index contributed by atoms with van der Waals surface area (Å²) in [6, 6.07) is 5.02. The van der Waals surface area contributed by atoms with E-state index in [1.54, 1.807) is 31.2 Å². The molecule has 6 N–H and O–H groups in total. The van der Waals surface area contributed by atoms with E-state index in [4.69, 9.17) is 47.4 Å². The maximum absolute atomic E-state index is 12.9. The molecule has 52 heavy (non-hydrogen) atoms. The van der Waals surface area contributed by atoms with E-state index in [9.17, 15) is 40.2 Å². The van der Waals surface area contributed by atoms with Crippen LogP contribution in [0.5, 0.6) is 11.5 Å². The summed E-state index contributed by atoms with van der Waals surface area (Å²) < 4.78 is 56.9. The van der Waals surface area contributed by atoms with Crippen molar-refractivity contribution in [3.8, 4) is 11.5 Å². The third kappa shape index (κ3) is 7.13. The Balaban J connectivity index is 1.15. The second kappa shape index (κ2) is 15.5. The molecule has 3 saturated heterocycles. The molecular weight excluding hydrogens is 696 g/mol. The van der Waals surface area contributed by atoms with Gasteiger partial charge in [0.1, 0.15) is 42.2 Å². The van der Waals surface area contributed by atoms with Gasteiger partial charge in [-0.15, -0.1) is 0 Å². The maximum Gasteiger partial charge on any atom is 0.331 e. The van der Waals surface area contributed by atoms with Gasteiger partial charge >= 0.3 is 11.9 Å². The standard InChI is InChI=1S/C34H44O18/c1-14-27(49-21(38)8-6-16-5-7-18(43-3)19(11-16)44-4)29(47-15(2)37)26(42)33(46-14)50-28-17-9-10-45-31(22(17)34(13-36)30(28)52-34)51-32-25(41)24(40)23(39)20(12-35)48-32/h5-11,14,17,20,22-33,35-36,39-42H,12-13H2,1-4H3/b8-6+/t14-,17+,20+,22+,23+,24-,25+,26+,27-,28-,29-,30-,31-,32-,33-,34+/m0/s1. The highest BCUT2D eigenvalue weighted by molar-refractivity contribution is 5.87. The Kier molecular flexibility index (Phi) is 11.4. The van der Waals surface area contributed by atoms with Crippen LogP contribution in [-0.2, 0) is 47.5 Å². The van der Waals surface area contributed by atoms with Crippen LogP contribution < -0.4 is 9.47 Å². The Morgan fingerprint density at radius 3 is 2.27 bits per heavy atom. The predicted molar refractivity (Wildman–Crippen MR) is 170 cm³/mol. The van der Waals surface area contributed by atoms with Gasteiger partial charge in [-0.3, -0.25) is 4.79 Å². The van der Waals surface area contributed by atoms with Gasteiger partial charge in [-0.2, -0.15) is 0 Å². The number of hydrogen-bond acceptors (Lipinski definition) is 18. The molecular formula is C34H44O18. The normalized spacial score (nSPS) is 42.2. The number of hydrogen-bond donors (Lipinski definition) is 6. The lowest BCUT2D eigenvalue weighted by Gasteiger charge is -2.44. The number of carbonyl (C=O) groups is 2. The minimum atomic E-state index is -1.71. The van der Waals surface area contributed by atoms with Crippen molar-refractivity contribution in [3.63, 3.8) is 0 Å². The van der Waals surface area contributed by atoms with E-state index in [0.29, 0.717) is 17.1 Å². The Morgan fingerprint density at radius 1 is 0.865 bits per heavy atom. The van der Waals surface area contributed by atoms with E-state index in [1.165, 1.54) is 26.6 Å². The molecule has 6 rings (SSSR count). The molecule has 4 heterocycles. The van der Waals surface area contributed by atoms with Crippen molar-refractivity contribution in [2.75, 3.05) is 27.4 Å². The number of methoxy groups -OCH3 is 2. The summed E-state index contributed by atoms with van der Waals surface area (Å²) in [5, 5.41) is 62.4. The molecule has 18 nitrogen and oxygen atoms in total. The van der Waals surface area contributed by atoms with Gasteiger partial charge in [0.05, 0.1) is 51.8 Å². The highest BCUT2D eigenvalue weighted by Gasteiger charge is 2.77. The molecule has 0 unspecified atom stereocenters. The number of esters is 2. The van der Waals surface area contributed by atoms with E-state index in [-0.39, 0.29) is 0 Å². The molecule has 0 bridgehead atoms. The zero-order valence-corrected chi connectivity index (χ0v) is 28.7. The zero-order chi connectivity index (χ0) is 37.5. The van der Waals surface area contributed by atoms with Crippen LogP contribution in [0.25, 0.3) is 6.08 Å². The monoisotopic (exact) mass is 740 g/mol. The fraction of sp³-hybridized carbons (Fsp3) is 0.647. The molecule has 1 saturated carbocycles. The number of rotatable bonds is 12. The molecule has 0 aromatic heterocycles. The first-order valence-corrected chi connectivity index (χ1v) is 16.7. The molecule has 1 aromatic rings. The zero-order valence-electron chi connectivity index (χ0n) is 28.7. The highest BCUT2D eigenvalue weighted by Crippen LogP contribution is 2.61. The third-order valence-electron chi connectivity index (χ3n) is 10.0. The fourth-order valence-electron chi connectivity index (χ4n) is 7.35. The fourth-order valence-corrected chi connectivity index (χ4v) is 7.35. The number of epoxide rings is 1. The molecule has 4 fully saturated rings. The van der Waals surface area contributed by atoms with Crippen molar-refractivity contribution in [2.24, 2.45) is 11.8 Å². The molecule has 5 aliphatic rings. The lowest BCUT2D eigenvalue weighted by molar-refractivity contribution is -0.347. The van der Waals surface area contributed by atoms with E-state index < -0.39 is 122 Å². The van der Waals surface area contributed by atoms with Crippen LogP contribution in [0.4, 0.5) is 0 Å². The number of carbonyl (C=O) groups excluding carboxylic acids is 2. The second-order valence-corrected chi connectivity index (χ2v) is 13.1. The van der Waals surface area contributed by atoms with E-state index in [0.717, 1.165) is 13.0 Å². The molecule has 16 atom stereocenters. The van der Waals surface area contributed by atoms with Crippen LogP contribution in [0.3, 0.4) is 0 Å². The number of fused-ring (bicyclic) bond motifs is 3. The Labute approximate surface area is 297 Å². The smallest absolute Gasteiger partial charge is 0.331 e. The molecule has 0 amide bonds. The summed E-state index contributed by atoms with van der Waals surface area (Å²) >= 11 is 0. The quantitative estimate of drug-likeness (QED) is 0.0779. The van der Waals surface area contributed by atoms with Crippen LogP contribution in [0.2, 0.25) is 0 Å². The summed E-state index contributed by atoms with van der Waals surface area (Å²) in [6.45, 7) is 1.52. The average Bonchev–Trinajstić information content (AvgIpc) is 3.81. The van der Waals surface area contributed by atoms with Gasteiger partial charge in [-0.25, -0.2) is 4.79 Å². The Hall–Kier alpha value is -3.40. The van der Waals surface area contributed by atoms with Crippen LogP contribution >= 0.6 is 0 Å². The molecule has 1 aliphatic carbocycles. The third-order valence-corrected chi connectivity index (χ3v) is 10.0. The molecule has 4 aliphatic heterocycles. The van der Waals surface area contributed by atoms with Crippen LogP contribution in [0.15, 0.2) is 36.6 Å². The summed E-state index contributed by atoms with van der Waals surface area (Å²) in [5.41, 5.74) is -0.649. The van der Waals surface area contributed by atoms with E-state index >= 15 is 0 Å². The van der Waals surface area contributed by atoms with Crippen molar-refractivity contribution in [3.05, 3.63) is 42.2 Å². The van der Waals surface area contributed by atoms with Gasteiger partial charge in [0.25, 0.3) is 0 Å². The van der Waals surface area contributed by atoms with Crippen molar-refractivity contribution >= 4 is 18.0 Å². The Bertz CT molecular complexity index is 1500. The molecule has 288 valence electrons. The van der Waals surface area contributed by atoms with Crippen LogP contribution in [0.1, 0.15) is 19.4 Å². The van der Waals surface area contributed by atoms with Crippen molar-refractivity contribution in [2.45, 2.75) is 99.4 Å². The number of ether oxygens (including phenoxy) is 10. The van der Waals surface area contributed by atoms with Gasteiger partial charge in [-0.05, 0) is 36.8 Å². The molecule has 18 heteroatoms. The summed E-state index contributed by atoms with van der Waals surface area (Å²) in [6.07, 6.45) is -11.7. The number of aliphatic hydroxyl groups excluding tert-OH is 6. The van der Waals surface area contributed by atoms with E-state index in [2.05, 4.69) is 0 Å². The van der Waals surface area contributed by atoms with E-state index in [1.807, 2.05) is 0 Å². The first-order valence-electron chi connectivity index (χ1n) is 16.7. The van der Waals surface area contributed by atoms with Gasteiger partial charge in [-0.1, -0.05) is 6.07 Å². The Morgan fingerprint density at radius 2 is 1.60 bits per heavy atom. The predicted octanol–water partition coefficient (Wildman–Crippen LogP) is -1.89. The molecule has 0 radical (unpaired) electrons. The first kappa shape index (κ1) is 38.3. The van der Waals surface area contributed by atoms with Crippen molar-refractivity contribution < 1.29 is 87.6 Å². The maximum atomic E-state index is 12.9. The second-order valence-electron chi connectivity index (χ2n) is 13.1. The van der Waals surface area contributed by atoms with Gasteiger partial charge in [0, 0.05) is 18.9 Å². The SMILES string of the molecule is COc1ccc(/C=C/C(=O)O[C@@H]2[C@@H](OC(C)=O)[C@@H](O)[C@H](O[C@H]3[C@@H]4C=CO[C@@H](O[C@@H]5O[C@H](CO)[C@@H](O)[C@H](O)[C@H]5O)[C@@H]4[C@@]4(CO)O[C@@H]34)O[C@H]2C)cc1OC. The molecule has 0 spiro atoms. The summed E-state index contributed by atoms with van der Waals surface area (Å²) in [7, 11) is 2.98. The lowest BCUT2D eigenvalue weighted by Crippen LogP contribution is -2.61. The van der Waals surface area contributed by atoms with Crippen molar-refractivity contribution in [1.29, 1.82) is 0 Å². The number of benzene rings is 1. The lowest BCUT2D eigenvalue weighted by atomic mass is 9.85. The summed E-state index contributed by atoms with van der Waals surface area (Å²) in [5.74, 6) is -1.99. The van der Waals surface area contributed by atoms with Crippen molar-refractivity contribution in [1.82, 2.24) is 0 Å². The highest BCUT2D eigenvalue weighted by atomic mass is 16.8. The average molecular weight is 741 g/mol. The number of aliphatic hydroxyl groups is 6. The molecule has 1 aromatic carbocycles. The first-order chi connectivity index (χ1) is 24.9. The largest absolute Gasteiger partial charge is 0.493 e. The van der Waals surface area contributed by atoms with Crippen LogP contribution in [-0.4, -0.2) is 156 Å². The van der Waals surface area contributed by atoms with Gasteiger partial charge in [0.15, 0.2) is 36.3 Å². The minimum Gasteiger partial charge on any atom is -0.493 e. The van der Waals surface area contributed by atoms with Gasteiger partial charge < -0.3 is 78.0 Å². The van der Waals surface area contributed by atoms with Crippen LogP contribution in [0, 0.1) is 11.8 Å². The minimum absolute atomic E-state index is 0.450.